The molecule has 0 unspecified atom stereocenters. The Morgan fingerprint density at radius 3 is 2.44 bits per heavy atom. The lowest BCUT2D eigenvalue weighted by atomic mass is 10.2. The van der Waals surface area contributed by atoms with Crippen molar-refractivity contribution in [3.05, 3.63) is 35.9 Å². The average molecular weight is 263 g/mol. The summed E-state index contributed by atoms with van der Waals surface area (Å²) in [6.45, 7) is -0.501. The van der Waals surface area contributed by atoms with Crippen LogP contribution in [0.1, 0.15) is 5.56 Å². The summed E-state index contributed by atoms with van der Waals surface area (Å²) in [4.78, 5) is 10.8. The highest BCUT2D eigenvalue weighted by molar-refractivity contribution is 7.85. The molecule has 0 atom stereocenters. The minimum atomic E-state index is -3.72. The van der Waals surface area contributed by atoms with Crippen LogP contribution >= 0.6 is 11.6 Å². The largest absolute Gasteiger partial charge is 0.296 e. The summed E-state index contributed by atoms with van der Waals surface area (Å²) in [5, 5.41) is 0. The lowest BCUT2D eigenvalue weighted by Crippen LogP contribution is -2.16. The molecule has 0 saturated carbocycles. The summed E-state index contributed by atoms with van der Waals surface area (Å²) in [5.74, 6) is -0.956. The number of carbonyl (C=O) groups is 1. The van der Waals surface area contributed by atoms with Crippen LogP contribution in [0.4, 0.5) is 0 Å². The quantitative estimate of drug-likeness (QED) is 0.573. The smallest absolute Gasteiger partial charge is 0.271 e. The van der Waals surface area contributed by atoms with Gasteiger partial charge in [0.05, 0.1) is 5.88 Å². The Labute approximate surface area is 99.3 Å². The van der Waals surface area contributed by atoms with Crippen LogP contribution < -0.4 is 0 Å². The number of Topliss-reactive ketones (excluding diaryl/α,β-unsaturated/α-hetero) is 1. The Balaban J connectivity index is 2.56. The monoisotopic (exact) mass is 262 g/mol. The molecule has 0 amide bonds. The Morgan fingerprint density at radius 2 is 1.88 bits per heavy atom. The molecule has 0 fully saturated rings. The van der Waals surface area contributed by atoms with Crippen molar-refractivity contribution >= 4 is 27.5 Å². The van der Waals surface area contributed by atoms with E-state index in [2.05, 4.69) is 4.18 Å². The van der Waals surface area contributed by atoms with Gasteiger partial charge in [-0.25, -0.2) is 0 Å². The highest BCUT2D eigenvalue weighted by Gasteiger charge is 2.14. The third-order valence-corrected chi connectivity index (χ3v) is 3.20. The molecule has 16 heavy (non-hydrogen) atoms. The molecule has 88 valence electrons. The zero-order valence-corrected chi connectivity index (χ0v) is 10.00. The Hall–Kier alpha value is -0.910. The number of carbonyl (C=O) groups excluding carboxylic acids is 1. The second-order valence-electron chi connectivity index (χ2n) is 3.12. The van der Waals surface area contributed by atoms with Gasteiger partial charge in [0, 0.05) is 0 Å². The van der Waals surface area contributed by atoms with Crippen LogP contribution in [0.2, 0.25) is 0 Å². The normalized spacial score (nSPS) is 11.3. The molecule has 0 spiro atoms. The van der Waals surface area contributed by atoms with Gasteiger partial charge in [0.1, 0.15) is 12.4 Å². The van der Waals surface area contributed by atoms with Crippen LogP contribution in [-0.2, 0) is 24.8 Å². The maximum Gasteiger partial charge on any atom is 0.271 e. The van der Waals surface area contributed by atoms with Crippen molar-refractivity contribution in [1.29, 1.82) is 0 Å². The number of rotatable bonds is 6. The van der Waals surface area contributed by atoms with Gasteiger partial charge >= 0.3 is 0 Å². The van der Waals surface area contributed by atoms with Gasteiger partial charge in [0.15, 0.2) is 5.78 Å². The SMILES string of the molecule is O=C(CCl)COS(=O)(=O)Cc1ccccc1. The maximum absolute atomic E-state index is 11.4. The van der Waals surface area contributed by atoms with Gasteiger partial charge in [0.25, 0.3) is 10.1 Å². The molecule has 0 aromatic heterocycles. The molecule has 1 aromatic rings. The van der Waals surface area contributed by atoms with Crippen LogP contribution in [-0.4, -0.2) is 26.7 Å². The Morgan fingerprint density at radius 1 is 1.25 bits per heavy atom. The van der Waals surface area contributed by atoms with E-state index >= 15 is 0 Å². The first-order valence-electron chi connectivity index (χ1n) is 4.52. The van der Waals surface area contributed by atoms with Gasteiger partial charge in [-0.2, -0.15) is 8.42 Å². The van der Waals surface area contributed by atoms with E-state index in [1.807, 2.05) is 0 Å². The van der Waals surface area contributed by atoms with Crippen LogP contribution in [0.15, 0.2) is 30.3 Å². The van der Waals surface area contributed by atoms with Crippen molar-refractivity contribution in [3.63, 3.8) is 0 Å². The van der Waals surface area contributed by atoms with Crippen LogP contribution in [0.3, 0.4) is 0 Å². The maximum atomic E-state index is 11.4. The number of ketones is 1. The summed E-state index contributed by atoms with van der Waals surface area (Å²) < 4.78 is 27.3. The molecule has 0 heterocycles. The topological polar surface area (TPSA) is 60.4 Å². The molecule has 0 aliphatic carbocycles. The van der Waals surface area contributed by atoms with Crippen molar-refractivity contribution in [2.75, 3.05) is 12.5 Å². The zero-order valence-electron chi connectivity index (χ0n) is 8.43. The molecule has 0 N–H and O–H groups in total. The third-order valence-electron chi connectivity index (χ3n) is 1.73. The number of hydrogen-bond acceptors (Lipinski definition) is 4. The summed E-state index contributed by atoms with van der Waals surface area (Å²) in [5.41, 5.74) is 0.612. The number of benzene rings is 1. The predicted molar refractivity (Wildman–Crippen MR) is 60.7 cm³/mol. The lowest BCUT2D eigenvalue weighted by molar-refractivity contribution is -0.118. The Bertz CT molecular complexity index is 441. The first-order valence-corrected chi connectivity index (χ1v) is 6.63. The summed E-state index contributed by atoms with van der Waals surface area (Å²) in [6.07, 6.45) is 0. The molecular formula is C10H11ClO4S. The van der Waals surface area contributed by atoms with Gasteiger partial charge in [-0.05, 0) is 5.56 Å². The molecule has 0 radical (unpaired) electrons. The van der Waals surface area contributed by atoms with Gasteiger partial charge in [0.2, 0.25) is 0 Å². The van der Waals surface area contributed by atoms with E-state index in [9.17, 15) is 13.2 Å². The number of halogens is 1. The van der Waals surface area contributed by atoms with Gasteiger partial charge in [-0.1, -0.05) is 30.3 Å². The summed E-state index contributed by atoms with van der Waals surface area (Å²) in [7, 11) is -3.72. The molecular weight excluding hydrogens is 252 g/mol. The van der Waals surface area contributed by atoms with Crippen LogP contribution in [0.25, 0.3) is 0 Å². The first kappa shape index (κ1) is 13.2. The van der Waals surface area contributed by atoms with E-state index in [1.165, 1.54) is 0 Å². The zero-order chi connectivity index (χ0) is 12.0. The summed E-state index contributed by atoms with van der Waals surface area (Å²) in [6, 6.07) is 8.59. The van der Waals surface area contributed by atoms with Gasteiger partial charge in [-0.3, -0.25) is 8.98 Å². The van der Waals surface area contributed by atoms with Crippen molar-refractivity contribution in [2.24, 2.45) is 0 Å². The van der Waals surface area contributed by atoms with E-state index < -0.39 is 22.5 Å². The minimum Gasteiger partial charge on any atom is -0.296 e. The fourth-order valence-electron chi connectivity index (χ4n) is 1.01. The molecule has 1 rings (SSSR count). The number of alkyl halides is 1. The van der Waals surface area contributed by atoms with Crippen molar-refractivity contribution in [3.8, 4) is 0 Å². The van der Waals surface area contributed by atoms with Crippen molar-refractivity contribution in [1.82, 2.24) is 0 Å². The fraction of sp³-hybridized carbons (Fsp3) is 0.300. The summed E-state index contributed by atoms with van der Waals surface area (Å²) >= 11 is 5.22. The molecule has 0 aliphatic rings. The lowest BCUT2D eigenvalue weighted by Gasteiger charge is -2.04. The molecule has 0 saturated heterocycles. The number of hydrogen-bond donors (Lipinski definition) is 0. The molecule has 0 bridgehead atoms. The standard InChI is InChI=1S/C10H11ClO4S/c11-6-10(12)7-15-16(13,14)8-9-4-2-1-3-5-9/h1-5H,6-8H2. The molecule has 0 aliphatic heterocycles. The van der Waals surface area contributed by atoms with Gasteiger partial charge < -0.3 is 0 Å². The van der Waals surface area contributed by atoms with Crippen molar-refractivity contribution < 1.29 is 17.4 Å². The molecule has 6 heteroatoms. The minimum absolute atomic E-state index is 0.247. The fourth-order valence-corrected chi connectivity index (χ4v) is 2.09. The average Bonchev–Trinajstić information content (AvgIpc) is 2.27. The Kier molecular flexibility index (Phi) is 4.92. The third kappa shape index (κ3) is 4.74. The van der Waals surface area contributed by atoms with Crippen molar-refractivity contribution in [2.45, 2.75) is 5.75 Å². The van der Waals surface area contributed by atoms with E-state index in [0.29, 0.717) is 5.56 Å². The van der Waals surface area contributed by atoms with Crippen LogP contribution in [0, 0.1) is 0 Å². The van der Waals surface area contributed by atoms with E-state index in [4.69, 9.17) is 11.6 Å². The first-order chi connectivity index (χ1) is 7.53. The van der Waals surface area contributed by atoms with Gasteiger partial charge in [-0.15, -0.1) is 11.6 Å². The van der Waals surface area contributed by atoms with E-state index in [0.717, 1.165) is 0 Å². The second kappa shape index (κ2) is 5.98. The second-order valence-corrected chi connectivity index (χ2v) is 5.03. The predicted octanol–water partition coefficient (Wildman–Crippen LogP) is 1.34. The van der Waals surface area contributed by atoms with Crippen LogP contribution in [0.5, 0.6) is 0 Å². The van der Waals surface area contributed by atoms with E-state index in [-0.39, 0.29) is 11.6 Å². The molecule has 4 nitrogen and oxygen atoms in total. The highest BCUT2D eigenvalue weighted by atomic mass is 35.5. The molecule has 1 aromatic carbocycles. The highest BCUT2D eigenvalue weighted by Crippen LogP contribution is 2.07. The van der Waals surface area contributed by atoms with E-state index in [1.54, 1.807) is 30.3 Å².